The monoisotopic (exact) mass is 279 g/mol. The van der Waals surface area contributed by atoms with Gasteiger partial charge in [-0.05, 0) is 31.9 Å². The molecule has 0 radical (unpaired) electrons. The van der Waals surface area contributed by atoms with Gasteiger partial charge in [-0.25, -0.2) is 0 Å². The molecule has 0 spiro atoms. The molecule has 5 nitrogen and oxygen atoms in total. The lowest BCUT2D eigenvalue weighted by Gasteiger charge is -2.28. The number of rotatable bonds is 5. The maximum absolute atomic E-state index is 12.2. The fraction of sp³-hybridized carbons (Fsp3) is 0.600. The molecule has 5 heteroatoms. The van der Waals surface area contributed by atoms with Crippen LogP contribution in [0.4, 0.5) is 0 Å². The minimum absolute atomic E-state index is 0.0648. The summed E-state index contributed by atoms with van der Waals surface area (Å²) in [5.41, 5.74) is 0. The third-order valence-corrected chi connectivity index (χ3v) is 3.90. The standard InChI is InChI=1S/C15H21NO4/c1-10(9-11-5-4-8-20-11)16-14(17)12-6-2-3-7-13(12)15(18)19/h4-5,8,10,12-13H,2-3,6-7,9H2,1H3,(H,16,17)(H,18,19). The molecule has 0 bridgehead atoms. The fourth-order valence-corrected chi connectivity index (χ4v) is 2.87. The largest absolute Gasteiger partial charge is 0.481 e. The maximum Gasteiger partial charge on any atom is 0.307 e. The van der Waals surface area contributed by atoms with E-state index in [4.69, 9.17) is 4.42 Å². The van der Waals surface area contributed by atoms with Gasteiger partial charge in [-0.15, -0.1) is 0 Å². The molecule has 1 aliphatic rings. The van der Waals surface area contributed by atoms with E-state index >= 15 is 0 Å². The Morgan fingerprint density at radius 1 is 1.40 bits per heavy atom. The van der Waals surface area contributed by atoms with Crippen molar-refractivity contribution in [1.29, 1.82) is 0 Å². The smallest absolute Gasteiger partial charge is 0.307 e. The highest BCUT2D eigenvalue weighted by Crippen LogP contribution is 2.30. The summed E-state index contributed by atoms with van der Waals surface area (Å²) in [6, 6.07) is 3.61. The number of carbonyl (C=O) groups is 2. The average Bonchev–Trinajstić information content (AvgIpc) is 2.91. The molecule has 110 valence electrons. The van der Waals surface area contributed by atoms with Gasteiger partial charge in [-0.2, -0.15) is 0 Å². The van der Waals surface area contributed by atoms with Crippen LogP contribution in [0.25, 0.3) is 0 Å². The van der Waals surface area contributed by atoms with Crippen LogP contribution in [0, 0.1) is 11.8 Å². The predicted molar refractivity (Wildman–Crippen MR) is 73.1 cm³/mol. The van der Waals surface area contributed by atoms with E-state index in [1.54, 1.807) is 6.26 Å². The lowest BCUT2D eigenvalue weighted by Crippen LogP contribution is -2.43. The van der Waals surface area contributed by atoms with Gasteiger partial charge < -0.3 is 14.8 Å². The minimum Gasteiger partial charge on any atom is -0.481 e. The lowest BCUT2D eigenvalue weighted by molar-refractivity contribution is -0.149. The fourth-order valence-electron chi connectivity index (χ4n) is 2.87. The first-order valence-corrected chi connectivity index (χ1v) is 7.13. The van der Waals surface area contributed by atoms with E-state index in [0.717, 1.165) is 18.6 Å². The Morgan fingerprint density at radius 3 is 2.70 bits per heavy atom. The van der Waals surface area contributed by atoms with Crippen LogP contribution in [0.15, 0.2) is 22.8 Å². The molecule has 1 saturated carbocycles. The second-order valence-corrected chi connectivity index (χ2v) is 5.53. The van der Waals surface area contributed by atoms with Crippen molar-refractivity contribution in [3.8, 4) is 0 Å². The van der Waals surface area contributed by atoms with Crippen molar-refractivity contribution in [2.45, 2.75) is 45.1 Å². The average molecular weight is 279 g/mol. The van der Waals surface area contributed by atoms with E-state index in [1.807, 2.05) is 19.1 Å². The van der Waals surface area contributed by atoms with Crippen molar-refractivity contribution in [3.63, 3.8) is 0 Å². The third kappa shape index (κ3) is 3.62. The van der Waals surface area contributed by atoms with Crippen molar-refractivity contribution in [2.75, 3.05) is 0 Å². The van der Waals surface area contributed by atoms with Crippen molar-refractivity contribution >= 4 is 11.9 Å². The van der Waals surface area contributed by atoms with Crippen molar-refractivity contribution in [3.05, 3.63) is 24.2 Å². The van der Waals surface area contributed by atoms with Crippen LogP contribution < -0.4 is 5.32 Å². The molecule has 2 rings (SSSR count). The van der Waals surface area contributed by atoms with E-state index in [1.165, 1.54) is 0 Å². The topological polar surface area (TPSA) is 79.5 Å². The molecular formula is C15H21NO4. The number of aliphatic carboxylic acids is 1. The molecule has 0 saturated heterocycles. The Bertz CT molecular complexity index is 454. The van der Waals surface area contributed by atoms with Crippen LogP contribution in [-0.4, -0.2) is 23.0 Å². The quantitative estimate of drug-likeness (QED) is 0.866. The highest BCUT2D eigenvalue weighted by atomic mass is 16.4. The molecule has 3 unspecified atom stereocenters. The zero-order valence-electron chi connectivity index (χ0n) is 11.7. The SMILES string of the molecule is CC(Cc1ccco1)NC(=O)C1CCCCC1C(=O)O. The third-order valence-electron chi connectivity index (χ3n) is 3.90. The van der Waals surface area contributed by atoms with Gasteiger partial charge in [0.15, 0.2) is 0 Å². The second-order valence-electron chi connectivity index (χ2n) is 5.53. The molecule has 0 aromatic carbocycles. The minimum atomic E-state index is -0.858. The molecule has 1 heterocycles. The first-order chi connectivity index (χ1) is 9.58. The van der Waals surface area contributed by atoms with Crippen LogP contribution in [-0.2, 0) is 16.0 Å². The Morgan fingerprint density at radius 2 is 2.10 bits per heavy atom. The van der Waals surface area contributed by atoms with Crippen LogP contribution in [0.3, 0.4) is 0 Å². The number of carbonyl (C=O) groups excluding carboxylic acids is 1. The Balaban J connectivity index is 1.90. The molecule has 1 amide bonds. The number of carboxylic acids is 1. The number of amides is 1. The molecule has 1 aliphatic carbocycles. The molecule has 3 atom stereocenters. The summed E-state index contributed by atoms with van der Waals surface area (Å²) in [6.45, 7) is 1.90. The zero-order valence-corrected chi connectivity index (χ0v) is 11.7. The summed E-state index contributed by atoms with van der Waals surface area (Å²) in [7, 11) is 0. The van der Waals surface area contributed by atoms with Gasteiger partial charge in [0.05, 0.1) is 18.1 Å². The van der Waals surface area contributed by atoms with Gasteiger partial charge in [0.1, 0.15) is 5.76 Å². The van der Waals surface area contributed by atoms with Crippen molar-refractivity contribution < 1.29 is 19.1 Å². The van der Waals surface area contributed by atoms with Crippen molar-refractivity contribution in [1.82, 2.24) is 5.32 Å². The highest BCUT2D eigenvalue weighted by molar-refractivity contribution is 5.85. The van der Waals surface area contributed by atoms with Crippen LogP contribution in [0.1, 0.15) is 38.4 Å². The van der Waals surface area contributed by atoms with E-state index in [0.29, 0.717) is 19.3 Å². The molecule has 1 aromatic heterocycles. The van der Waals surface area contributed by atoms with Gasteiger partial charge in [0.2, 0.25) is 5.91 Å². The summed E-state index contributed by atoms with van der Waals surface area (Å²) in [5, 5.41) is 12.1. The van der Waals surface area contributed by atoms with Gasteiger partial charge in [0.25, 0.3) is 0 Å². The number of carboxylic acid groups (broad SMARTS) is 1. The first kappa shape index (κ1) is 14.6. The molecule has 20 heavy (non-hydrogen) atoms. The molecule has 2 N–H and O–H groups in total. The summed E-state index contributed by atoms with van der Waals surface area (Å²) in [6.07, 6.45) is 5.29. The summed E-state index contributed by atoms with van der Waals surface area (Å²) < 4.78 is 5.25. The van der Waals surface area contributed by atoms with Crippen molar-refractivity contribution in [2.24, 2.45) is 11.8 Å². The number of furan rings is 1. The first-order valence-electron chi connectivity index (χ1n) is 7.13. The van der Waals surface area contributed by atoms with Gasteiger partial charge in [0, 0.05) is 12.5 Å². The number of nitrogens with one attached hydrogen (secondary N) is 1. The predicted octanol–water partition coefficient (Wildman–Crippen LogP) is 2.22. The number of hydrogen-bond acceptors (Lipinski definition) is 3. The zero-order chi connectivity index (χ0) is 14.5. The van der Waals surface area contributed by atoms with Crippen LogP contribution in [0.2, 0.25) is 0 Å². The molecule has 1 fully saturated rings. The van der Waals surface area contributed by atoms with Crippen LogP contribution in [0.5, 0.6) is 0 Å². The van der Waals surface area contributed by atoms with Gasteiger partial charge >= 0.3 is 5.97 Å². The van der Waals surface area contributed by atoms with E-state index < -0.39 is 17.8 Å². The maximum atomic E-state index is 12.2. The number of hydrogen-bond donors (Lipinski definition) is 2. The summed E-state index contributed by atoms with van der Waals surface area (Å²) >= 11 is 0. The molecular weight excluding hydrogens is 258 g/mol. The van der Waals surface area contributed by atoms with E-state index in [2.05, 4.69) is 5.32 Å². The Labute approximate surface area is 118 Å². The lowest BCUT2D eigenvalue weighted by atomic mass is 9.78. The van der Waals surface area contributed by atoms with Gasteiger partial charge in [-0.1, -0.05) is 12.8 Å². The van der Waals surface area contributed by atoms with E-state index in [-0.39, 0.29) is 11.9 Å². The summed E-state index contributed by atoms with van der Waals surface area (Å²) in [5.74, 6) is -1.13. The Kier molecular flexibility index (Phi) is 4.82. The van der Waals surface area contributed by atoms with Crippen LogP contribution >= 0.6 is 0 Å². The normalized spacial score (nSPS) is 24.1. The Hall–Kier alpha value is -1.78. The van der Waals surface area contributed by atoms with Gasteiger partial charge in [-0.3, -0.25) is 9.59 Å². The molecule has 1 aromatic rings. The molecule has 0 aliphatic heterocycles. The second kappa shape index (κ2) is 6.59. The highest BCUT2D eigenvalue weighted by Gasteiger charge is 2.35. The summed E-state index contributed by atoms with van der Waals surface area (Å²) in [4.78, 5) is 23.5. The van der Waals surface area contributed by atoms with E-state index in [9.17, 15) is 14.7 Å².